The fourth-order valence-electron chi connectivity index (χ4n) is 1.25. The molecule has 0 bridgehead atoms. The van der Waals surface area contributed by atoms with Crippen LogP contribution in [0.15, 0.2) is 42.6 Å². The van der Waals surface area contributed by atoms with Gasteiger partial charge in [0.2, 0.25) is 0 Å². The Morgan fingerprint density at radius 1 is 1.06 bits per heavy atom. The van der Waals surface area contributed by atoms with E-state index in [1.165, 1.54) is 0 Å². The molecule has 3 nitrogen and oxygen atoms in total. The second-order valence-corrected chi connectivity index (χ2v) is 3.16. The van der Waals surface area contributed by atoms with Crippen LogP contribution in [0.25, 0.3) is 12.2 Å². The van der Waals surface area contributed by atoms with Crippen LogP contribution in [0.4, 0.5) is 0 Å². The number of hydrogen-bond donors (Lipinski definition) is 0. The Bertz CT molecular complexity index is 539. The van der Waals surface area contributed by atoms with Crippen molar-refractivity contribution >= 4 is 12.2 Å². The van der Waals surface area contributed by atoms with Crippen molar-refractivity contribution in [2.75, 3.05) is 0 Å². The van der Waals surface area contributed by atoms with Crippen molar-refractivity contribution in [1.82, 2.24) is 9.97 Å². The molecule has 2 rings (SSSR count). The normalized spacial score (nSPS) is 10.2. The predicted molar refractivity (Wildman–Crippen MR) is 62.1 cm³/mol. The number of nitriles is 1. The molecule has 1 heterocycles. The van der Waals surface area contributed by atoms with E-state index < -0.39 is 0 Å². The zero-order chi connectivity index (χ0) is 11.2. The first kappa shape index (κ1) is 10.1. The molecular formula is C13H9N3. The quantitative estimate of drug-likeness (QED) is 0.760. The van der Waals surface area contributed by atoms with Gasteiger partial charge in [-0.2, -0.15) is 5.26 Å². The molecular weight excluding hydrogens is 198 g/mol. The molecule has 0 amide bonds. The summed E-state index contributed by atoms with van der Waals surface area (Å²) in [6, 6.07) is 13.4. The predicted octanol–water partition coefficient (Wildman–Crippen LogP) is 2.52. The van der Waals surface area contributed by atoms with Crippen molar-refractivity contribution in [3.05, 3.63) is 59.7 Å². The molecule has 76 valence electrons. The minimum absolute atomic E-state index is 0.378. The lowest BCUT2D eigenvalue weighted by Crippen LogP contribution is -1.89. The minimum Gasteiger partial charge on any atom is -0.237 e. The van der Waals surface area contributed by atoms with E-state index >= 15 is 0 Å². The molecule has 0 fully saturated rings. The van der Waals surface area contributed by atoms with Crippen LogP contribution in [-0.2, 0) is 0 Å². The first-order valence-corrected chi connectivity index (χ1v) is 4.85. The van der Waals surface area contributed by atoms with Crippen LogP contribution < -0.4 is 0 Å². The third kappa shape index (κ3) is 2.52. The molecule has 0 atom stereocenters. The van der Waals surface area contributed by atoms with Gasteiger partial charge in [-0.25, -0.2) is 9.97 Å². The summed E-state index contributed by atoms with van der Waals surface area (Å²) in [5.41, 5.74) is 1.45. The van der Waals surface area contributed by atoms with Crippen molar-refractivity contribution in [2.45, 2.75) is 0 Å². The van der Waals surface area contributed by atoms with Gasteiger partial charge in [0.1, 0.15) is 11.8 Å². The zero-order valence-corrected chi connectivity index (χ0v) is 8.54. The van der Waals surface area contributed by atoms with Crippen molar-refractivity contribution in [1.29, 1.82) is 5.26 Å². The van der Waals surface area contributed by atoms with Crippen LogP contribution >= 0.6 is 0 Å². The summed E-state index contributed by atoms with van der Waals surface area (Å²) in [6.45, 7) is 0. The Balaban J connectivity index is 2.21. The van der Waals surface area contributed by atoms with Crippen LogP contribution in [0.5, 0.6) is 0 Å². The summed E-state index contributed by atoms with van der Waals surface area (Å²) in [4.78, 5) is 8.10. The molecule has 3 heteroatoms. The summed E-state index contributed by atoms with van der Waals surface area (Å²) < 4.78 is 0. The highest BCUT2D eigenvalue weighted by molar-refractivity contribution is 5.66. The average molecular weight is 207 g/mol. The van der Waals surface area contributed by atoms with E-state index in [0.29, 0.717) is 11.5 Å². The van der Waals surface area contributed by atoms with E-state index in [1.807, 2.05) is 42.5 Å². The molecule has 0 N–H and O–H groups in total. The second-order valence-electron chi connectivity index (χ2n) is 3.16. The Morgan fingerprint density at radius 3 is 2.62 bits per heavy atom. The lowest BCUT2D eigenvalue weighted by atomic mass is 10.2. The topological polar surface area (TPSA) is 49.6 Å². The number of benzene rings is 1. The van der Waals surface area contributed by atoms with Gasteiger partial charge in [0.15, 0.2) is 5.82 Å². The summed E-state index contributed by atoms with van der Waals surface area (Å²) in [5, 5.41) is 8.68. The van der Waals surface area contributed by atoms with Gasteiger partial charge in [-0.15, -0.1) is 0 Å². The SMILES string of the molecule is N#Cc1ccnc(C=Cc2ccccc2)n1. The van der Waals surface area contributed by atoms with Gasteiger partial charge in [-0.1, -0.05) is 36.4 Å². The molecule has 0 spiro atoms. The van der Waals surface area contributed by atoms with Crippen LogP contribution in [0, 0.1) is 11.3 Å². The van der Waals surface area contributed by atoms with Crippen molar-refractivity contribution in [3.8, 4) is 6.07 Å². The van der Waals surface area contributed by atoms with Gasteiger partial charge >= 0.3 is 0 Å². The molecule has 0 saturated carbocycles. The summed E-state index contributed by atoms with van der Waals surface area (Å²) >= 11 is 0. The second kappa shape index (κ2) is 4.85. The third-order valence-electron chi connectivity index (χ3n) is 2.01. The molecule has 0 unspecified atom stereocenters. The van der Waals surface area contributed by atoms with Gasteiger partial charge < -0.3 is 0 Å². The molecule has 2 aromatic rings. The lowest BCUT2D eigenvalue weighted by Gasteiger charge is -1.93. The number of rotatable bonds is 2. The monoisotopic (exact) mass is 207 g/mol. The Hall–Kier alpha value is -2.47. The fraction of sp³-hybridized carbons (Fsp3) is 0. The summed E-state index contributed by atoms with van der Waals surface area (Å²) in [6.07, 6.45) is 5.28. The van der Waals surface area contributed by atoms with E-state index in [-0.39, 0.29) is 0 Å². The van der Waals surface area contributed by atoms with Crippen molar-refractivity contribution < 1.29 is 0 Å². The van der Waals surface area contributed by atoms with Gasteiger partial charge in [-0.3, -0.25) is 0 Å². The smallest absolute Gasteiger partial charge is 0.153 e. The molecule has 0 aliphatic heterocycles. The maximum atomic E-state index is 8.68. The lowest BCUT2D eigenvalue weighted by molar-refractivity contribution is 1.11. The van der Waals surface area contributed by atoms with Crippen molar-refractivity contribution in [2.24, 2.45) is 0 Å². The molecule has 1 aromatic carbocycles. The van der Waals surface area contributed by atoms with Crippen LogP contribution in [0.2, 0.25) is 0 Å². The largest absolute Gasteiger partial charge is 0.237 e. The Morgan fingerprint density at radius 2 is 1.88 bits per heavy atom. The zero-order valence-electron chi connectivity index (χ0n) is 8.54. The highest BCUT2D eigenvalue weighted by Crippen LogP contribution is 2.04. The highest BCUT2D eigenvalue weighted by Gasteiger charge is 1.93. The van der Waals surface area contributed by atoms with Crippen LogP contribution in [-0.4, -0.2) is 9.97 Å². The van der Waals surface area contributed by atoms with Gasteiger partial charge in [0.25, 0.3) is 0 Å². The fourth-order valence-corrected chi connectivity index (χ4v) is 1.25. The van der Waals surface area contributed by atoms with Crippen LogP contribution in [0.3, 0.4) is 0 Å². The third-order valence-corrected chi connectivity index (χ3v) is 2.01. The van der Waals surface area contributed by atoms with Gasteiger partial charge in [0.05, 0.1) is 0 Å². The molecule has 16 heavy (non-hydrogen) atoms. The maximum absolute atomic E-state index is 8.68. The number of nitrogens with zero attached hydrogens (tertiary/aromatic N) is 3. The molecule has 0 aliphatic rings. The molecule has 0 radical (unpaired) electrons. The van der Waals surface area contributed by atoms with Gasteiger partial charge in [-0.05, 0) is 17.7 Å². The molecule has 0 aliphatic carbocycles. The first-order valence-electron chi connectivity index (χ1n) is 4.85. The number of aromatic nitrogens is 2. The van der Waals surface area contributed by atoms with E-state index in [2.05, 4.69) is 9.97 Å². The first-order chi connectivity index (χ1) is 7.88. The standard InChI is InChI=1S/C13H9N3/c14-10-12-8-9-15-13(16-12)7-6-11-4-2-1-3-5-11/h1-9H. The van der Waals surface area contributed by atoms with E-state index in [0.717, 1.165) is 5.56 Å². The average Bonchev–Trinajstić information content (AvgIpc) is 2.38. The maximum Gasteiger partial charge on any atom is 0.153 e. The van der Waals surface area contributed by atoms with Crippen LogP contribution in [0.1, 0.15) is 17.1 Å². The van der Waals surface area contributed by atoms with Crippen molar-refractivity contribution in [3.63, 3.8) is 0 Å². The summed E-state index contributed by atoms with van der Waals surface area (Å²) in [7, 11) is 0. The Labute approximate surface area is 93.7 Å². The number of hydrogen-bond acceptors (Lipinski definition) is 3. The van der Waals surface area contributed by atoms with Gasteiger partial charge in [0, 0.05) is 6.20 Å². The Kier molecular flexibility index (Phi) is 3.05. The van der Waals surface area contributed by atoms with E-state index in [4.69, 9.17) is 5.26 Å². The summed E-state index contributed by atoms with van der Waals surface area (Å²) in [5.74, 6) is 0.544. The molecule has 0 saturated heterocycles. The highest BCUT2D eigenvalue weighted by atomic mass is 14.9. The van der Waals surface area contributed by atoms with E-state index in [1.54, 1.807) is 18.3 Å². The van der Waals surface area contributed by atoms with E-state index in [9.17, 15) is 0 Å². The minimum atomic E-state index is 0.378. The molecule has 1 aromatic heterocycles.